The Bertz CT molecular complexity index is 913. The molecule has 2 fully saturated rings. The largest absolute Gasteiger partial charge is 0.508 e. The molecule has 2 heterocycles. The minimum Gasteiger partial charge on any atom is -0.508 e. The van der Waals surface area contributed by atoms with Crippen molar-refractivity contribution in [2.45, 2.75) is 43.9 Å². The Morgan fingerprint density at radius 2 is 1.87 bits per heavy atom. The summed E-state index contributed by atoms with van der Waals surface area (Å²) in [5, 5.41) is 9.69. The molecule has 3 N–H and O–H groups in total. The molecule has 0 spiro atoms. The number of esters is 1. The van der Waals surface area contributed by atoms with Crippen LogP contribution in [0.5, 0.6) is 5.75 Å². The molecule has 4 rings (SSSR count). The number of carbonyl (C=O) groups is 2. The van der Waals surface area contributed by atoms with Crippen LogP contribution < -0.4 is 10.6 Å². The van der Waals surface area contributed by atoms with Crippen molar-refractivity contribution in [3.63, 3.8) is 0 Å². The first-order valence-electron chi connectivity index (χ1n) is 10.3. The third kappa shape index (κ3) is 3.78. The molecule has 0 saturated carbocycles. The molecule has 2 saturated heterocycles. The number of piperidine rings is 1. The number of benzene rings is 2. The van der Waals surface area contributed by atoms with Gasteiger partial charge >= 0.3 is 5.97 Å². The van der Waals surface area contributed by atoms with Gasteiger partial charge in [0.2, 0.25) is 5.91 Å². The van der Waals surface area contributed by atoms with Crippen molar-refractivity contribution in [2.24, 2.45) is 5.73 Å². The topological polar surface area (TPSA) is 96.1 Å². The van der Waals surface area contributed by atoms with E-state index in [9.17, 15) is 14.7 Å². The van der Waals surface area contributed by atoms with E-state index in [1.165, 1.54) is 7.11 Å². The fourth-order valence-corrected chi connectivity index (χ4v) is 4.48. The van der Waals surface area contributed by atoms with Gasteiger partial charge in [0.15, 0.2) is 0 Å². The number of hydrogen-bond donors (Lipinski definition) is 2. The van der Waals surface area contributed by atoms with Gasteiger partial charge in [-0.05, 0) is 54.7 Å². The zero-order valence-electron chi connectivity index (χ0n) is 17.0. The molecule has 0 bridgehead atoms. The number of nitrogens with two attached hydrogens (primary N) is 1. The van der Waals surface area contributed by atoms with Crippen LogP contribution in [-0.4, -0.2) is 47.6 Å². The Kier molecular flexibility index (Phi) is 5.74. The second-order valence-electron chi connectivity index (χ2n) is 7.92. The number of carbonyl (C=O) groups excluding carboxylic acids is 2. The summed E-state index contributed by atoms with van der Waals surface area (Å²) in [5.41, 5.74) is 8.55. The van der Waals surface area contributed by atoms with Crippen molar-refractivity contribution in [2.75, 3.05) is 18.6 Å². The first-order valence-corrected chi connectivity index (χ1v) is 10.3. The van der Waals surface area contributed by atoms with Crippen LogP contribution in [0, 0.1) is 0 Å². The van der Waals surface area contributed by atoms with Crippen molar-refractivity contribution in [1.82, 2.24) is 4.90 Å². The number of phenolic OH excluding ortho intramolecular Hbond substituents is 1. The molecule has 3 atom stereocenters. The van der Waals surface area contributed by atoms with Gasteiger partial charge in [-0.3, -0.25) is 19.4 Å². The number of rotatable bonds is 5. The van der Waals surface area contributed by atoms with Gasteiger partial charge in [0.05, 0.1) is 13.2 Å². The summed E-state index contributed by atoms with van der Waals surface area (Å²) in [6.45, 7) is 0.866. The van der Waals surface area contributed by atoms with Gasteiger partial charge in [0.1, 0.15) is 18.0 Å². The minimum absolute atomic E-state index is 0.104. The Hall–Kier alpha value is -2.90. The molecular weight excluding hydrogens is 382 g/mol. The molecule has 7 nitrogen and oxygen atoms in total. The van der Waals surface area contributed by atoms with E-state index in [0.29, 0.717) is 6.42 Å². The molecule has 0 aromatic heterocycles. The molecular formula is C23H27N3O4. The van der Waals surface area contributed by atoms with Gasteiger partial charge in [-0.2, -0.15) is 0 Å². The van der Waals surface area contributed by atoms with E-state index < -0.39 is 12.0 Å². The maximum atomic E-state index is 13.3. The maximum Gasteiger partial charge on any atom is 0.322 e. The molecule has 1 unspecified atom stereocenters. The zero-order valence-corrected chi connectivity index (χ0v) is 17.0. The number of methoxy groups -OCH3 is 1. The normalized spacial score (nSPS) is 22.6. The minimum atomic E-state index is -0.715. The third-order valence-corrected chi connectivity index (χ3v) is 5.99. The molecule has 30 heavy (non-hydrogen) atoms. The van der Waals surface area contributed by atoms with Gasteiger partial charge in [-0.25, -0.2) is 0 Å². The Labute approximate surface area is 176 Å². The predicted octanol–water partition coefficient (Wildman–Crippen LogP) is 2.33. The van der Waals surface area contributed by atoms with E-state index in [-0.39, 0.29) is 23.9 Å². The highest BCUT2D eigenvalue weighted by atomic mass is 16.5. The van der Waals surface area contributed by atoms with Crippen LogP contribution in [0.1, 0.15) is 36.6 Å². The summed E-state index contributed by atoms with van der Waals surface area (Å²) < 4.78 is 4.69. The van der Waals surface area contributed by atoms with E-state index in [0.717, 1.165) is 42.6 Å². The monoisotopic (exact) mass is 409 g/mol. The zero-order chi connectivity index (χ0) is 21.3. The number of nitrogens with zero attached hydrogens (tertiary/aromatic N) is 2. The molecule has 2 aliphatic heterocycles. The molecule has 7 heteroatoms. The van der Waals surface area contributed by atoms with E-state index in [2.05, 4.69) is 9.64 Å². The van der Waals surface area contributed by atoms with E-state index in [1.54, 1.807) is 12.1 Å². The van der Waals surface area contributed by atoms with E-state index in [4.69, 9.17) is 5.73 Å². The SMILES string of the molecule is COC(=O)[C@@H](N)Cc1ccc(N2C(=O)[C@@H]3CCCCN3C2c2ccc(O)cc2)cc1. The standard InChI is InChI=1S/C23H27N3O4/c1-30-23(29)19(24)14-15-5-9-17(10-6-15)26-21(16-7-11-18(27)12-8-16)25-13-3-2-4-20(25)22(26)28/h5-12,19-21,27H,2-4,13-14,24H2,1H3/t19-,20-,21?/m0/s1. The van der Waals surface area contributed by atoms with Crippen LogP contribution >= 0.6 is 0 Å². The number of phenols is 1. The van der Waals surface area contributed by atoms with Crippen LogP contribution in [0.2, 0.25) is 0 Å². The summed E-state index contributed by atoms with van der Waals surface area (Å²) in [7, 11) is 1.32. The highest BCUT2D eigenvalue weighted by Gasteiger charge is 2.47. The van der Waals surface area contributed by atoms with E-state index >= 15 is 0 Å². The average molecular weight is 409 g/mol. The second-order valence-corrected chi connectivity index (χ2v) is 7.92. The van der Waals surface area contributed by atoms with Gasteiger partial charge in [0, 0.05) is 12.2 Å². The summed E-state index contributed by atoms with van der Waals surface area (Å²) in [6, 6.07) is 13.8. The molecule has 158 valence electrons. The van der Waals surface area contributed by atoms with Crippen molar-refractivity contribution < 1.29 is 19.4 Å². The number of ether oxygens (including phenoxy) is 1. The summed E-state index contributed by atoms with van der Waals surface area (Å²) in [5.74, 6) is -0.138. The summed E-state index contributed by atoms with van der Waals surface area (Å²) >= 11 is 0. The summed E-state index contributed by atoms with van der Waals surface area (Å²) in [4.78, 5) is 29.0. The lowest BCUT2D eigenvalue weighted by atomic mass is 10.0. The quantitative estimate of drug-likeness (QED) is 0.736. The maximum absolute atomic E-state index is 13.3. The lowest BCUT2D eigenvalue weighted by Crippen LogP contribution is -2.38. The molecule has 1 amide bonds. The van der Waals surface area contributed by atoms with Gasteiger partial charge in [-0.1, -0.05) is 30.7 Å². The number of hydrogen-bond acceptors (Lipinski definition) is 6. The van der Waals surface area contributed by atoms with Crippen LogP contribution in [0.4, 0.5) is 5.69 Å². The Morgan fingerprint density at radius 1 is 1.17 bits per heavy atom. The average Bonchev–Trinajstić information content (AvgIpc) is 3.07. The van der Waals surface area contributed by atoms with Crippen LogP contribution in [0.25, 0.3) is 0 Å². The van der Waals surface area contributed by atoms with E-state index in [1.807, 2.05) is 41.3 Å². The molecule has 2 aromatic rings. The Balaban J connectivity index is 1.64. The smallest absolute Gasteiger partial charge is 0.322 e. The highest BCUT2D eigenvalue weighted by molar-refractivity contribution is 6.00. The fraction of sp³-hybridized carbons (Fsp3) is 0.391. The Morgan fingerprint density at radius 3 is 2.53 bits per heavy atom. The lowest BCUT2D eigenvalue weighted by Gasteiger charge is -2.33. The number of anilines is 1. The first kappa shape index (κ1) is 20.4. The second kappa shape index (κ2) is 8.45. The molecule has 0 radical (unpaired) electrons. The van der Waals surface area contributed by atoms with Gasteiger partial charge in [0.25, 0.3) is 0 Å². The van der Waals surface area contributed by atoms with Crippen LogP contribution in [0.3, 0.4) is 0 Å². The molecule has 2 aliphatic rings. The van der Waals surface area contributed by atoms with Gasteiger partial charge < -0.3 is 15.6 Å². The van der Waals surface area contributed by atoms with Crippen LogP contribution in [-0.2, 0) is 20.7 Å². The molecule has 2 aromatic carbocycles. The fourth-order valence-electron chi connectivity index (χ4n) is 4.48. The van der Waals surface area contributed by atoms with Crippen molar-refractivity contribution in [1.29, 1.82) is 0 Å². The number of amides is 1. The van der Waals surface area contributed by atoms with Crippen molar-refractivity contribution in [3.8, 4) is 5.75 Å². The highest BCUT2D eigenvalue weighted by Crippen LogP contribution is 2.41. The van der Waals surface area contributed by atoms with Crippen molar-refractivity contribution in [3.05, 3.63) is 59.7 Å². The predicted molar refractivity (Wildman–Crippen MR) is 113 cm³/mol. The first-order chi connectivity index (χ1) is 14.5. The summed E-state index contributed by atoms with van der Waals surface area (Å²) in [6.07, 6.45) is 3.14. The number of fused-ring (bicyclic) bond motifs is 1. The van der Waals surface area contributed by atoms with Gasteiger partial charge in [-0.15, -0.1) is 0 Å². The van der Waals surface area contributed by atoms with Crippen molar-refractivity contribution >= 4 is 17.6 Å². The lowest BCUT2D eigenvalue weighted by molar-refractivity contribution is -0.142. The van der Waals surface area contributed by atoms with Crippen LogP contribution in [0.15, 0.2) is 48.5 Å². The third-order valence-electron chi connectivity index (χ3n) is 5.99. The number of aromatic hydroxyl groups is 1. The molecule has 0 aliphatic carbocycles.